The lowest BCUT2D eigenvalue weighted by Crippen LogP contribution is -2.37. The Morgan fingerprint density at radius 2 is 2.08 bits per heavy atom. The molecule has 2 aromatic rings. The Hall–Kier alpha value is -1.53. The molecule has 0 aliphatic rings. The van der Waals surface area contributed by atoms with E-state index < -0.39 is 0 Å². The monoisotopic (exact) mass is 381 g/mol. The largest absolute Gasteiger partial charge is 0.353 e. The maximum atomic E-state index is 12.7. The van der Waals surface area contributed by atoms with E-state index in [1.807, 2.05) is 13.8 Å². The molecule has 0 saturated heterocycles. The zero-order valence-corrected chi connectivity index (χ0v) is 16.6. The number of amides is 1. The number of rotatable bonds is 7. The van der Waals surface area contributed by atoms with E-state index in [4.69, 9.17) is 11.6 Å². The standard InChI is InChI=1S/C18H24ClN3O2S/c1-5-8-22-17(24)14-7-6-13(19)9-15(14)21-18(22)25-10-16(23)20-12(4)11(2)3/h6-7,9,11-12H,5,8,10H2,1-4H3,(H,20,23)/t12-/m0/s1. The van der Waals surface area contributed by atoms with E-state index in [2.05, 4.69) is 24.1 Å². The van der Waals surface area contributed by atoms with E-state index >= 15 is 0 Å². The van der Waals surface area contributed by atoms with Crippen molar-refractivity contribution in [2.45, 2.75) is 51.9 Å². The van der Waals surface area contributed by atoms with Crippen molar-refractivity contribution in [3.63, 3.8) is 0 Å². The van der Waals surface area contributed by atoms with Crippen LogP contribution in [0.5, 0.6) is 0 Å². The summed E-state index contributed by atoms with van der Waals surface area (Å²) in [5.74, 6) is 0.530. The number of fused-ring (bicyclic) bond motifs is 1. The highest BCUT2D eigenvalue weighted by atomic mass is 35.5. The average Bonchev–Trinajstić information content (AvgIpc) is 2.55. The Kier molecular flexibility index (Phi) is 6.90. The minimum Gasteiger partial charge on any atom is -0.353 e. The lowest BCUT2D eigenvalue weighted by molar-refractivity contribution is -0.119. The summed E-state index contributed by atoms with van der Waals surface area (Å²) in [6.45, 7) is 8.68. The summed E-state index contributed by atoms with van der Waals surface area (Å²) in [5, 5.41) is 4.59. The number of nitrogens with zero attached hydrogens (tertiary/aromatic N) is 2. The van der Waals surface area contributed by atoms with Gasteiger partial charge in [-0.2, -0.15) is 0 Å². The fraction of sp³-hybridized carbons (Fsp3) is 0.500. The zero-order chi connectivity index (χ0) is 18.6. The Morgan fingerprint density at radius 3 is 2.72 bits per heavy atom. The quantitative estimate of drug-likeness (QED) is 0.586. The van der Waals surface area contributed by atoms with Gasteiger partial charge in [-0.15, -0.1) is 0 Å². The molecular formula is C18H24ClN3O2S. The molecule has 1 amide bonds. The number of carbonyl (C=O) groups excluding carboxylic acids is 1. The smallest absolute Gasteiger partial charge is 0.262 e. The molecule has 0 saturated carbocycles. The van der Waals surface area contributed by atoms with E-state index in [1.54, 1.807) is 22.8 Å². The zero-order valence-electron chi connectivity index (χ0n) is 15.0. The van der Waals surface area contributed by atoms with Gasteiger partial charge in [-0.3, -0.25) is 14.2 Å². The van der Waals surface area contributed by atoms with Crippen LogP contribution in [0.3, 0.4) is 0 Å². The summed E-state index contributed by atoms with van der Waals surface area (Å²) in [4.78, 5) is 29.4. The number of carbonyl (C=O) groups is 1. The van der Waals surface area contributed by atoms with Gasteiger partial charge in [0.1, 0.15) is 0 Å². The Labute approximate surface area is 157 Å². The van der Waals surface area contributed by atoms with Gasteiger partial charge in [0, 0.05) is 17.6 Å². The van der Waals surface area contributed by atoms with Gasteiger partial charge in [0.05, 0.1) is 16.7 Å². The normalized spacial score (nSPS) is 12.6. The Bertz CT molecular complexity index is 820. The number of nitrogens with one attached hydrogen (secondary N) is 1. The van der Waals surface area contributed by atoms with Crippen LogP contribution in [0.15, 0.2) is 28.2 Å². The van der Waals surface area contributed by atoms with Gasteiger partial charge < -0.3 is 5.32 Å². The van der Waals surface area contributed by atoms with Crippen LogP contribution in [-0.4, -0.2) is 27.3 Å². The van der Waals surface area contributed by atoms with Gasteiger partial charge in [0.25, 0.3) is 5.56 Å². The second-order valence-electron chi connectivity index (χ2n) is 6.40. The van der Waals surface area contributed by atoms with E-state index in [0.717, 1.165) is 6.42 Å². The molecule has 0 aliphatic heterocycles. The number of halogens is 1. The third-order valence-corrected chi connectivity index (χ3v) is 5.26. The minimum atomic E-state index is -0.0954. The number of benzene rings is 1. The van der Waals surface area contributed by atoms with Gasteiger partial charge in [-0.05, 0) is 37.5 Å². The molecule has 0 unspecified atom stereocenters. The predicted molar refractivity (Wildman–Crippen MR) is 104 cm³/mol. The molecule has 0 bridgehead atoms. The van der Waals surface area contributed by atoms with Crippen LogP contribution in [-0.2, 0) is 11.3 Å². The molecule has 136 valence electrons. The average molecular weight is 382 g/mol. The summed E-state index contributed by atoms with van der Waals surface area (Å²) in [7, 11) is 0. The maximum absolute atomic E-state index is 12.7. The fourth-order valence-corrected chi connectivity index (χ4v) is 3.30. The predicted octanol–water partition coefficient (Wildman–Crippen LogP) is 3.71. The van der Waals surface area contributed by atoms with Gasteiger partial charge in [-0.1, -0.05) is 44.1 Å². The van der Waals surface area contributed by atoms with E-state index in [-0.39, 0.29) is 23.3 Å². The summed E-state index contributed by atoms with van der Waals surface area (Å²) in [6, 6.07) is 5.18. The third kappa shape index (κ3) is 4.98. The first-order valence-corrected chi connectivity index (χ1v) is 9.82. The first-order valence-electron chi connectivity index (χ1n) is 8.45. The number of thioether (sulfide) groups is 1. The summed E-state index contributed by atoms with van der Waals surface area (Å²) in [6.07, 6.45) is 0.810. The molecule has 1 heterocycles. The van der Waals surface area contributed by atoms with Crippen LogP contribution in [0.2, 0.25) is 5.02 Å². The summed E-state index contributed by atoms with van der Waals surface area (Å²) < 4.78 is 1.64. The van der Waals surface area contributed by atoms with Crippen LogP contribution < -0.4 is 10.9 Å². The van der Waals surface area contributed by atoms with Crippen LogP contribution >= 0.6 is 23.4 Å². The molecule has 0 spiro atoms. The van der Waals surface area contributed by atoms with Crippen LogP contribution in [0, 0.1) is 5.92 Å². The van der Waals surface area contributed by atoms with Gasteiger partial charge in [0.2, 0.25) is 5.91 Å². The number of hydrogen-bond donors (Lipinski definition) is 1. The third-order valence-electron chi connectivity index (χ3n) is 4.05. The Morgan fingerprint density at radius 1 is 1.36 bits per heavy atom. The molecule has 0 fully saturated rings. The summed E-state index contributed by atoms with van der Waals surface area (Å²) >= 11 is 7.30. The molecule has 1 atom stereocenters. The second-order valence-corrected chi connectivity index (χ2v) is 7.78. The molecular weight excluding hydrogens is 358 g/mol. The molecule has 1 aromatic carbocycles. The van der Waals surface area contributed by atoms with Crippen molar-refractivity contribution in [1.82, 2.24) is 14.9 Å². The van der Waals surface area contributed by atoms with Gasteiger partial charge >= 0.3 is 0 Å². The fourth-order valence-electron chi connectivity index (χ4n) is 2.30. The minimum absolute atomic E-state index is 0.0605. The first kappa shape index (κ1) is 19.8. The molecule has 1 N–H and O–H groups in total. The lowest BCUT2D eigenvalue weighted by atomic mass is 10.1. The first-order chi connectivity index (χ1) is 11.8. The van der Waals surface area contributed by atoms with Crippen molar-refractivity contribution in [3.05, 3.63) is 33.6 Å². The lowest BCUT2D eigenvalue weighted by Gasteiger charge is -2.17. The molecule has 5 nitrogen and oxygen atoms in total. The highest BCUT2D eigenvalue weighted by Crippen LogP contribution is 2.20. The van der Waals surface area contributed by atoms with Crippen molar-refractivity contribution in [1.29, 1.82) is 0 Å². The number of aromatic nitrogens is 2. The Balaban J connectivity index is 2.28. The van der Waals surface area contributed by atoms with E-state index in [9.17, 15) is 9.59 Å². The van der Waals surface area contributed by atoms with Crippen molar-refractivity contribution < 1.29 is 4.79 Å². The highest BCUT2D eigenvalue weighted by molar-refractivity contribution is 7.99. The molecule has 0 radical (unpaired) electrons. The molecule has 0 aliphatic carbocycles. The van der Waals surface area contributed by atoms with Crippen LogP contribution in [0.25, 0.3) is 10.9 Å². The van der Waals surface area contributed by atoms with E-state index in [0.29, 0.717) is 33.5 Å². The van der Waals surface area contributed by atoms with Crippen molar-refractivity contribution in [2.75, 3.05) is 5.75 Å². The van der Waals surface area contributed by atoms with E-state index in [1.165, 1.54) is 11.8 Å². The van der Waals surface area contributed by atoms with Crippen molar-refractivity contribution in [2.24, 2.45) is 5.92 Å². The SMILES string of the molecule is CCCn1c(SCC(=O)N[C@@H](C)C(C)C)nc2cc(Cl)ccc2c1=O. The second kappa shape index (κ2) is 8.72. The molecule has 25 heavy (non-hydrogen) atoms. The molecule has 2 rings (SSSR count). The molecule has 7 heteroatoms. The van der Waals surface area contributed by atoms with Crippen molar-refractivity contribution in [3.8, 4) is 0 Å². The maximum Gasteiger partial charge on any atom is 0.262 e. The highest BCUT2D eigenvalue weighted by Gasteiger charge is 2.15. The van der Waals surface area contributed by atoms with Gasteiger partial charge in [0.15, 0.2) is 5.16 Å². The summed E-state index contributed by atoms with van der Waals surface area (Å²) in [5.41, 5.74) is 0.463. The topological polar surface area (TPSA) is 64.0 Å². The van der Waals surface area contributed by atoms with Crippen LogP contribution in [0.4, 0.5) is 0 Å². The number of hydrogen-bond acceptors (Lipinski definition) is 4. The molecule has 1 aromatic heterocycles. The van der Waals surface area contributed by atoms with Crippen LogP contribution in [0.1, 0.15) is 34.1 Å². The van der Waals surface area contributed by atoms with Gasteiger partial charge in [-0.25, -0.2) is 4.98 Å². The van der Waals surface area contributed by atoms with Crippen molar-refractivity contribution >= 4 is 40.2 Å².